The molecule has 0 radical (unpaired) electrons. The van der Waals surface area contributed by atoms with E-state index in [1.807, 2.05) is 18.2 Å². The molecule has 0 spiro atoms. The van der Waals surface area contributed by atoms with Crippen LogP contribution in [0.4, 0.5) is 10.6 Å². The first kappa shape index (κ1) is 26.4. The molecule has 2 aliphatic heterocycles. The monoisotopic (exact) mass is 558 g/mol. The molecule has 0 atom stereocenters. The van der Waals surface area contributed by atoms with Gasteiger partial charge in [-0.2, -0.15) is 0 Å². The molecule has 0 saturated carbocycles. The molecule has 2 amide bonds. The van der Waals surface area contributed by atoms with Crippen molar-refractivity contribution >= 4 is 29.0 Å². The van der Waals surface area contributed by atoms with Gasteiger partial charge < -0.3 is 30.1 Å². The maximum atomic E-state index is 12.8. The number of nitrogens with zero attached hydrogens (tertiary/aromatic N) is 7. The number of hydrogen-bond acceptors (Lipinski definition) is 9. The molecule has 3 N–H and O–H groups in total. The Bertz CT molecular complexity index is 1560. The molecule has 2 aromatic carbocycles. The SMILES string of the molecule is O=C(NC1CCN(C(=O)O)CC1)c1ccc(Cn2nnc3c(N4CCOCC4)nc(-c4cccc(O)c4)nc32)cc1. The molecule has 0 unspecified atom stereocenters. The average molecular weight is 559 g/mol. The third kappa shape index (κ3) is 5.75. The lowest BCUT2D eigenvalue weighted by Crippen LogP contribution is -2.46. The van der Waals surface area contributed by atoms with E-state index in [1.54, 1.807) is 35.0 Å². The molecule has 6 rings (SSSR count). The average Bonchev–Trinajstić information content (AvgIpc) is 3.40. The second-order valence-electron chi connectivity index (χ2n) is 10.2. The van der Waals surface area contributed by atoms with Crippen molar-refractivity contribution in [2.75, 3.05) is 44.3 Å². The van der Waals surface area contributed by atoms with Crippen molar-refractivity contribution in [3.05, 3.63) is 59.7 Å². The third-order valence-corrected chi connectivity index (χ3v) is 7.41. The number of benzene rings is 2. The predicted octanol–water partition coefficient (Wildman–Crippen LogP) is 2.35. The van der Waals surface area contributed by atoms with Gasteiger partial charge in [0.05, 0.1) is 19.8 Å². The number of phenolic OH excluding ortho intramolecular Hbond substituents is 1. The summed E-state index contributed by atoms with van der Waals surface area (Å²) in [6.45, 7) is 3.71. The van der Waals surface area contributed by atoms with Crippen molar-refractivity contribution in [3.8, 4) is 17.1 Å². The van der Waals surface area contributed by atoms with Crippen molar-refractivity contribution < 1.29 is 24.5 Å². The Labute approximate surface area is 235 Å². The van der Waals surface area contributed by atoms with E-state index in [0.29, 0.717) is 92.7 Å². The number of amides is 2. The zero-order valence-electron chi connectivity index (χ0n) is 22.3. The molecule has 212 valence electrons. The lowest BCUT2D eigenvalue weighted by atomic mass is 10.0. The number of ether oxygens (including phenoxy) is 1. The predicted molar refractivity (Wildman–Crippen MR) is 149 cm³/mol. The second-order valence-corrected chi connectivity index (χ2v) is 10.2. The highest BCUT2D eigenvalue weighted by Gasteiger charge is 2.24. The summed E-state index contributed by atoms with van der Waals surface area (Å²) in [5.74, 6) is 1.07. The van der Waals surface area contributed by atoms with Crippen LogP contribution in [0.3, 0.4) is 0 Å². The Morgan fingerprint density at radius 3 is 2.46 bits per heavy atom. The summed E-state index contributed by atoms with van der Waals surface area (Å²) in [6.07, 6.45) is 0.257. The number of carbonyl (C=O) groups is 2. The Balaban J connectivity index is 1.22. The van der Waals surface area contributed by atoms with Crippen molar-refractivity contribution in [1.82, 2.24) is 35.2 Å². The fourth-order valence-corrected chi connectivity index (χ4v) is 5.14. The summed E-state index contributed by atoms with van der Waals surface area (Å²) in [7, 11) is 0. The Kier molecular flexibility index (Phi) is 7.33. The molecule has 0 bridgehead atoms. The number of aromatic hydroxyl groups is 1. The fraction of sp³-hybridized carbons (Fsp3) is 0.357. The van der Waals surface area contributed by atoms with Crippen molar-refractivity contribution in [2.24, 2.45) is 0 Å². The molecule has 2 aliphatic rings. The molecule has 13 nitrogen and oxygen atoms in total. The fourth-order valence-electron chi connectivity index (χ4n) is 5.14. The summed E-state index contributed by atoms with van der Waals surface area (Å²) in [6, 6.07) is 14.0. The highest BCUT2D eigenvalue weighted by atomic mass is 16.5. The quantitative estimate of drug-likeness (QED) is 0.321. The van der Waals surface area contributed by atoms with Crippen LogP contribution >= 0.6 is 0 Å². The molecular weight excluding hydrogens is 528 g/mol. The first-order chi connectivity index (χ1) is 19.9. The lowest BCUT2D eigenvalue weighted by Gasteiger charge is -2.30. The van der Waals surface area contributed by atoms with Crippen LogP contribution in [0, 0.1) is 0 Å². The zero-order chi connectivity index (χ0) is 28.3. The lowest BCUT2D eigenvalue weighted by molar-refractivity contribution is 0.0907. The van der Waals surface area contributed by atoms with Crippen LogP contribution in [-0.2, 0) is 11.3 Å². The van der Waals surface area contributed by atoms with E-state index >= 15 is 0 Å². The van der Waals surface area contributed by atoms with Crippen LogP contribution < -0.4 is 10.2 Å². The van der Waals surface area contributed by atoms with Crippen LogP contribution in [0.1, 0.15) is 28.8 Å². The molecule has 2 aromatic heterocycles. The summed E-state index contributed by atoms with van der Waals surface area (Å²) in [5, 5.41) is 31.0. The standard InChI is InChI=1S/C28H30N8O5/c37-22-3-1-2-20(16-22)24-30-25(34-12-14-41-15-13-34)23-26(31-24)36(33-32-23)17-18-4-6-19(7-5-18)27(38)29-21-8-10-35(11-9-21)28(39)40/h1-7,16,21,37H,8-15,17H2,(H,29,38)(H,39,40). The number of nitrogens with one attached hydrogen (secondary N) is 1. The van der Waals surface area contributed by atoms with Gasteiger partial charge in [0, 0.05) is 43.3 Å². The minimum absolute atomic E-state index is 0.0552. The van der Waals surface area contributed by atoms with Gasteiger partial charge in [0.15, 0.2) is 22.8 Å². The molecule has 2 fully saturated rings. The number of aromatic nitrogens is 5. The number of rotatable bonds is 6. The number of carboxylic acid groups (broad SMARTS) is 1. The van der Waals surface area contributed by atoms with Gasteiger partial charge in [-0.15, -0.1) is 5.10 Å². The van der Waals surface area contributed by atoms with E-state index in [2.05, 4.69) is 20.5 Å². The van der Waals surface area contributed by atoms with E-state index in [1.165, 1.54) is 4.90 Å². The molecule has 4 heterocycles. The summed E-state index contributed by atoms with van der Waals surface area (Å²) < 4.78 is 7.23. The van der Waals surface area contributed by atoms with E-state index < -0.39 is 6.09 Å². The van der Waals surface area contributed by atoms with Crippen LogP contribution in [0.2, 0.25) is 0 Å². The van der Waals surface area contributed by atoms with Gasteiger partial charge in [-0.1, -0.05) is 29.5 Å². The first-order valence-corrected chi connectivity index (χ1v) is 13.6. The third-order valence-electron chi connectivity index (χ3n) is 7.41. The van der Waals surface area contributed by atoms with Crippen LogP contribution in [0.25, 0.3) is 22.6 Å². The van der Waals surface area contributed by atoms with Gasteiger partial charge in [-0.25, -0.2) is 19.4 Å². The minimum Gasteiger partial charge on any atom is -0.508 e. The second kappa shape index (κ2) is 11.4. The Morgan fingerprint density at radius 2 is 1.76 bits per heavy atom. The molecular formula is C28H30N8O5. The molecule has 4 aromatic rings. The number of phenols is 1. The van der Waals surface area contributed by atoms with Gasteiger partial charge in [0.2, 0.25) is 0 Å². The van der Waals surface area contributed by atoms with Gasteiger partial charge in [0.1, 0.15) is 5.75 Å². The zero-order valence-corrected chi connectivity index (χ0v) is 22.3. The van der Waals surface area contributed by atoms with Crippen molar-refractivity contribution in [1.29, 1.82) is 0 Å². The van der Waals surface area contributed by atoms with Crippen LogP contribution in [0.15, 0.2) is 48.5 Å². The summed E-state index contributed by atoms with van der Waals surface area (Å²) in [4.78, 5) is 37.0. The number of carbonyl (C=O) groups excluding carboxylic acids is 1. The van der Waals surface area contributed by atoms with Gasteiger partial charge >= 0.3 is 6.09 Å². The Hall–Kier alpha value is -4.78. The highest BCUT2D eigenvalue weighted by Crippen LogP contribution is 2.28. The Morgan fingerprint density at radius 1 is 1.00 bits per heavy atom. The number of piperidine rings is 1. The van der Waals surface area contributed by atoms with Gasteiger partial charge in [0.25, 0.3) is 5.91 Å². The number of morpholine rings is 1. The molecule has 13 heteroatoms. The first-order valence-electron chi connectivity index (χ1n) is 13.6. The van der Waals surface area contributed by atoms with Gasteiger partial charge in [-0.3, -0.25) is 4.79 Å². The number of likely N-dealkylation sites (tertiary alicyclic amines) is 1. The smallest absolute Gasteiger partial charge is 0.407 e. The van der Waals surface area contributed by atoms with E-state index in [9.17, 15) is 14.7 Å². The normalized spacial score (nSPS) is 16.2. The number of fused-ring (bicyclic) bond motifs is 1. The molecule has 2 saturated heterocycles. The van der Waals surface area contributed by atoms with Crippen LogP contribution in [0.5, 0.6) is 5.75 Å². The van der Waals surface area contributed by atoms with Crippen molar-refractivity contribution in [3.63, 3.8) is 0 Å². The highest BCUT2D eigenvalue weighted by molar-refractivity contribution is 5.94. The maximum absolute atomic E-state index is 12.8. The number of anilines is 1. The summed E-state index contributed by atoms with van der Waals surface area (Å²) in [5.41, 5.74) is 3.27. The van der Waals surface area contributed by atoms with Gasteiger partial charge in [-0.05, 0) is 42.7 Å². The van der Waals surface area contributed by atoms with Crippen molar-refractivity contribution in [2.45, 2.75) is 25.4 Å². The van der Waals surface area contributed by atoms with E-state index in [4.69, 9.17) is 19.8 Å². The molecule has 41 heavy (non-hydrogen) atoms. The summed E-state index contributed by atoms with van der Waals surface area (Å²) >= 11 is 0. The largest absolute Gasteiger partial charge is 0.508 e. The molecule has 0 aliphatic carbocycles. The minimum atomic E-state index is -0.926. The number of hydrogen-bond donors (Lipinski definition) is 3. The van der Waals surface area contributed by atoms with E-state index in [-0.39, 0.29) is 17.7 Å². The van der Waals surface area contributed by atoms with E-state index in [0.717, 1.165) is 5.56 Å². The van der Waals surface area contributed by atoms with Crippen LogP contribution in [-0.4, -0.2) is 97.5 Å². The topological polar surface area (TPSA) is 159 Å². The maximum Gasteiger partial charge on any atom is 0.407 e.